The Bertz CT molecular complexity index is 454. The first-order chi connectivity index (χ1) is 8.94. The van der Waals surface area contributed by atoms with Gasteiger partial charge in [-0.3, -0.25) is 4.98 Å². The smallest absolute Gasteiger partial charge is 0.183 e. The van der Waals surface area contributed by atoms with Gasteiger partial charge in [-0.25, -0.2) is 0 Å². The summed E-state index contributed by atoms with van der Waals surface area (Å²) in [7, 11) is 0. The van der Waals surface area contributed by atoms with Crippen molar-refractivity contribution in [3.05, 3.63) is 29.6 Å². The molecule has 0 amide bonds. The number of hydrogen-bond acceptors (Lipinski definition) is 4. The van der Waals surface area contributed by atoms with Gasteiger partial charge in [0.1, 0.15) is 0 Å². The SMILES string of the molecule is CC(C)(C)OC(O)c1ccncc1C#CCCCO. The van der Waals surface area contributed by atoms with Crippen molar-refractivity contribution in [3.8, 4) is 11.8 Å². The van der Waals surface area contributed by atoms with Gasteiger partial charge in [-0.1, -0.05) is 11.8 Å². The maximum atomic E-state index is 10.1. The first-order valence-corrected chi connectivity index (χ1v) is 6.33. The lowest BCUT2D eigenvalue weighted by molar-refractivity contribution is -0.169. The molecule has 1 unspecified atom stereocenters. The zero-order chi connectivity index (χ0) is 14.3. The predicted octanol–water partition coefficient (Wildman–Crippen LogP) is 2.01. The Hall–Kier alpha value is -1.41. The lowest BCUT2D eigenvalue weighted by Crippen LogP contribution is -2.23. The van der Waals surface area contributed by atoms with Gasteiger partial charge in [0.25, 0.3) is 0 Å². The van der Waals surface area contributed by atoms with Crippen LogP contribution in [0.25, 0.3) is 0 Å². The summed E-state index contributed by atoms with van der Waals surface area (Å²) in [5.74, 6) is 5.90. The van der Waals surface area contributed by atoms with E-state index in [0.717, 1.165) is 0 Å². The highest BCUT2D eigenvalue weighted by Gasteiger charge is 2.19. The van der Waals surface area contributed by atoms with Gasteiger partial charge < -0.3 is 14.9 Å². The van der Waals surface area contributed by atoms with Crippen molar-refractivity contribution in [2.75, 3.05) is 6.61 Å². The van der Waals surface area contributed by atoms with E-state index < -0.39 is 11.9 Å². The van der Waals surface area contributed by atoms with E-state index in [1.54, 1.807) is 18.5 Å². The lowest BCUT2D eigenvalue weighted by atomic mass is 10.1. The van der Waals surface area contributed by atoms with Crippen molar-refractivity contribution in [1.82, 2.24) is 4.98 Å². The van der Waals surface area contributed by atoms with Crippen LogP contribution < -0.4 is 0 Å². The van der Waals surface area contributed by atoms with Gasteiger partial charge >= 0.3 is 0 Å². The summed E-state index contributed by atoms with van der Waals surface area (Å²) < 4.78 is 5.51. The third kappa shape index (κ3) is 5.84. The molecular weight excluding hydrogens is 242 g/mol. The molecule has 0 aliphatic heterocycles. The van der Waals surface area contributed by atoms with Crippen LogP contribution in [0.5, 0.6) is 0 Å². The fourth-order valence-electron chi connectivity index (χ4n) is 1.45. The summed E-state index contributed by atoms with van der Waals surface area (Å²) in [5.41, 5.74) is 0.822. The number of aromatic nitrogens is 1. The zero-order valence-corrected chi connectivity index (χ0v) is 11.7. The topological polar surface area (TPSA) is 62.6 Å². The summed E-state index contributed by atoms with van der Waals surface area (Å²) in [6, 6.07) is 1.70. The van der Waals surface area contributed by atoms with Crippen molar-refractivity contribution in [2.24, 2.45) is 0 Å². The van der Waals surface area contributed by atoms with Crippen LogP contribution in [-0.4, -0.2) is 27.4 Å². The average molecular weight is 263 g/mol. The summed E-state index contributed by atoms with van der Waals surface area (Å²) in [6.45, 7) is 5.77. The first-order valence-electron chi connectivity index (χ1n) is 6.33. The van der Waals surface area contributed by atoms with Gasteiger partial charge in [0, 0.05) is 31.0 Å². The Morgan fingerprint density at radius 1 is 1.42 bits per heavy atom. The number of hydrogen-bond donors (Lipinski definition) is 2. The van der Waals surface area contributed by atoms with E-state index >= 15 is 0 Å². The molecule has 104 valence electrons. The van der Waals surface area contributed by atoms with E-state index in [4.69, 9.17) is 9.84 Å². The fourth-order valence-corrected chi connectivity index (χ4v) is 1.45. The van der Waals surface area contributed by atoms with Gasteiger partial charge in [-0.05, 0) is 33.3 Å². The van der Waals surface area contributed by atoms with E-state index in [2.05, 4.69) is 16.8 Å². The van der Waals surface area contributed by atoms with Crippen molar-refractivity contribution < 1.29 is 14.9 Å². The number of aliphatic hydroxyl groups is 2. The molecule has 0 aromatic carbocycles. The maximum absolute atomic E-state index is 10.1. The van der Waals surface area contributed by atoms with Crippen LogP contribution in [0.4, 0.5) is 0 Å². The van der Waals surface area contributed by atoms with E-state index in [9.17, 15) is 5.11 Å². The van der Waals surface area contributed by atoms with E-state index in [-0.39, 0.29) is 6.61 Å². The van der Waals surface area contributed by atoms with Crippen molar-refractivity contribution in [1.29, 1.82) is 0 Å². The molecule has 0 aliphatic rings. The molecule has 1 rings (SSSR count). The molecule has 1 aromatic rings. The molecule has 1 atom stereocenters. The molecule has 0 bridgehead atoms. The standard InChI is InChI=1S/C15H21NO3/c1-15(2,3)19-14(18)13-8-9-16-11-12(13)7-5-4-6-10-17/h8-9,11,14,17-18H,4,6,10H2,1-3H3. The summed E-state index contributed by atoms with van der Waals surface area (Å²) >= 11 is 0. The second-order valence-electron chi connectivity index (χ2n) is 5.17. The van der Waals surface area contributed by atoms with E-state index in [1.807, 2.05) is 20.8 Å². The number of aliphatic hydroxyl groups excluding tert-OH is 2. The predicted molar refractivity (Wildman–Crippen MR) is 73.2 cm³/mol. The van der Waals surface area contributed by atoms with Gasteiger partial charge in [-0.15, -0.1) is 0 Å². The van der Waals surface area contributed by atoms with Gasteiger partial charge in [0.2, 0.25) is 0 Å². The number of rotatable bonds is 4. The van der Waals surface area contributed by atoms with Crippen LogP contribution in [0, 0.1) is 11.8 Å². The van der Waals surface area contributed by atoms with Crippen molar-refractivity contribution in [3.63, 3.8) is 0 Å². The Kier molecular flexibility index (Phi) is 5.97. The summed E-state index contributed by atoms with van der Waals surface area (Å²) in [6.07, 6.45) is 3.44. The Morgan fingerprint density at radius 2 is 2.16 bits per heavy atom. The number of unbranched alkanes of at least 4 members (excludes halogenated alkanes) is 1. The number of pyridine rings is 1. The van der Waals surface area contributed by atoms with Crippen LogP contribution >= 0.6 is 0 Å². The lowest BCUT2D eigenvalue weighted by Gasteiger charge is -2.24. The second-order valence-corrected chi connectivity index (χ2v) is 5.17. The highest BCUT2D eigenvalue weighted by Crippen LogP contribution is 2.23. The molecule has 0 radical (unpaired) electrons. The quantitative estimate of drug-likeness (QED) is 0.495. The summed E-state index contributed by atoms with van der Waals surface area (Å²) in [4.78, 5) is 4.00. The van der Waals surface area contributed by atoms with Crippen LogP contribution in [0.3, 0.4) is 0 Å². The minimum absolute atomic E-state index is 0.129. The Morgan fingerprint density at radius 3 is 2.79 bits per heavy atom. The van der Waals surface area contributed by atoms with Crippen LogP contribution in [0.1, 0.15) is 51.0 Å². The molecule has 4 nitrogen and oxygen atoms in total. The Labute approximate surface area is 114 Å². The van der Waals surface area contributed by atoms with Gasteiger partial charge in [-0.2, -0.15) is 0 Å². The molecule has 0 spiro atoms. The maximum Gasteiger partial charge on any atom is 0.183 e. The fraction of sp³-hybridized carbons (Fsp3) is 0.533. The highest BCUT2D eigenvalue weighted by molar-refractivity contribution is 5.39. The monoisotopic (exact) mass is 263 g/mol. The van der Waals surface area contributed by atoms with E-state index in [1.165, 1.54) is 0 Å². The molecule has 0 saturated carbocycles. The molecule has 0 saturated heterocycles. The normalized spacial score (nSPS) is 12.7. The largest absolute Gasteiger partial charge is 0.396 e. The minimum atomic E-state index is -1.02. The molecule has 1 aromatic heterocycles. The molecular formula is C15H21NO3. The van der Waals surface area contributed by atoms with Crippen LogP contribution in [0.15, 0.2) is 18.5 Å². The zero-order valence-electron chi connectivity index (χ0n) is 11.7. The third-order valence-corrected chi connectivity index (χ3v) is 2.27. The van der Waals surface area contributed by atoms with Crippen molar-refractivity contribution >= 4 is 0 Å². The summed E-state index contributed by atoms with van der Waals surface area (Å²) in [5, 5.41) is 18.8. The number of ether oxygens (including phenoxy) is 1. The Balaban J connectivity index is 2.85. The number of nitrogens with zero attached hydrogens (tertiary/aromatic N) is 1. The molecule has 0 aliphatic carbocycles. The van der Waals surface area contributed by atoms with Crippen LogP contribution in [0.2, 0.25) is 0 Å². The van der Waals surface area contributed by atoms with Crippen LogP contribution in [-0.2, 0) is 4.74 Å². The average Bonchev–Trinajstić information content (AvgIpc) is 2.33. The molecule has 1 heterocycles. The minimum Gasteiger partial charge on any atom is -0.396 e. The van der Waals surface area contributed by atoms with Gasteiger partial charge in [0.05, 0.1) is 11.2 Å². The molecule has 19 heavy (non-hydrogen) atoms. The van der Waals surface area contributed by atoms with Crippen molar-refractivity contribution in [2.45, 2.75) is 45.5 Å². The molecule has 0 fully saturated rings. The van der Waals surface area contributed by atoms with Gasteiger partial charge in [0.15, 0.2) is 6.29 Å². The highest BCUT2D eigenvalue weighted by atomic mass is 16.6. The molecule has 2 N–H and O–H groups in total. The first kappa shape index (κ1) is 15.6. The van der Waals surface area contributed by atoms with E-state index in [0.29, 0.717) is 24.0 Å². The second kappa shape index (κ2) is 7.25. The third-order valence-electron chi connectivity index (χ3n) is 2.27. The molecule has 4 heteroatoms.